The molecule has 0 spiro atoms. The van der Waals surface area contributed by atoms with Gasteiger partial charge in [-0.05, 0) is 17.5 Å². The molecule has 0 saturated carbocycles. The van der Waals surface area contributed by atoms with E-state index in [0.717, 1.165) is 0 Å². The van der Waals surface area contributed by atoms with Crippen LogP contribution in [0.4, 0.5) is 8.78 Å². The fourth-order valence-corrected chi connectivity index (χ4v) is 1.28. The van der Waals surface area contributed by atoms with E-state index in [9.17, 15) is 18.7 Å². The van der Waals surface area contributed by atoms with E-state index in [1.54, 1.807) is 12.1 Å². The van der Waals surface area contributed by atoms with Crippen LogP contribution in [0.2, 0.25) is 0 Å². The summed E-state index contributed by atoms with van der Waals surface area (Å²) in [5, 5.41) is 17.7. The summed E-state index contributed by atoms with van der Waals surface area (Å²) in [6.07, 6.45) is -3.89. The molecule has 0 radical (unpaired) electrons. The Morgan fingerprint density at radius 2 is 1.81 bits per heavy atom. The number of halogens is 2. The van der Waals surface area contributed by atoms with Gasteiger partial charge >= 0.3 is 5.97 Å². The monoisotopic (exact) mass is 230 g/mol. The third-order valence-electron chi connectivity index (χ3n) is 2.18. The summed E-state index contributed by atoms with van der Waals surface area (Å²) in [6, 6.07) is 5.95. The molecule has 1 aromatic rings. The van der Waals surface area contributed by atoms with Crippen LogP contribution >= 0.6 is 0 Å². The summed E-state index contributed by atoms with van der Waals surface area (Å²) in [4.78, 5) is 10.5. The molecule has 0 aliphatic heterocycles. The highest BCUT2D eigenvalue weighted by molar-refractivity contribution is 5.73. The van der Waals surface area contributed by atoms with Crippen LogP contribution in [0, 0.1) is 0 Å². The van der Waals surface area contributed by atoms with Crippen molar-refractivity contribution in [3.05, 3.63) is 35.4 Å². The number of aryl methyl sites for hydroxylation is 1. The van der Waals surface area contributed by atoms with Crippen molar-refractivity contribution in [2.75, 3.05) is 0 Å². The zero-order valence-corrected chi connectivity index (χ0v) is 8.44. The van der Waals surface area contributed by atoms with Gasteiger partial charge in [-0.1, -0.05) is 24.3 Å². The predicted octanol–water partition coefficient (Wildman–Crippen LogP) is 2.00. The third kappa shape index (κ3) is 3.58. The van der Waals surface area contributed by atoms with E-state index in [4.69, 9.17) is 5.11 Å². The van der Waals surface area contributed by atoms with E-state index >= 15 is 0 Å². The highest BCUT2D eigenvalue weighted by Gasteiger charge is 2.15. The molecule has 0 heterocycles. The summed E-state index contributed by atoms with van der Waals surface area (Å²) < 4.78 is 23.8. The number of aliphatic hydroxyl groups is 1. The van der Waals surface area contributed by atoms with Crippen molar-refractivity contribution in [2.45, 2.75) is 25.4 Å². The molecule has 5 heteroatoms. The van der Waals surface area contributed by atoms with Crippen molar-refractivity contribution in [1.82, 2.24) is 0 Å². The molecule has 88 valence electrons. The minimum absolute atomic E-state index is 0.221. The Morgan fingerprint density at radius 1 is 1.25 bits per heavy atom. The molecule has 0 aromatic heterocycles. The van der Waals surface area contributed by atoms with Gasteiger partial charge < -0.3 is 10.2 Å². The fraction of sp³-hybridized carbons (Fsp3) is 0.364. The number of benzene rings is 1. The number of hydrogen-bond acceptors (Lipinski definition) is 2. The van der Waals surface area contributed by atoms with Crippen LogP contribution in [-0.4, -0.2) is 22.6 Å². The maximum absolute atomic E-state index is 11.9. The second kappa shape index (κ2) is 5.55. The highest BCUT2D eigenvalue weighted by Crippen LogP contribution is 2.15. The third-order valence-corrected chi connectivity index (χ3v) is 2.18. The molecule has 0 saturated heterocycles. The van der Waals surface area contributed by atoms with Crippen LogP contribution in [0.25, 0.3) is 0 Å². The number of aliphatic carboxylic acids is 1. The van der Waals surface area contributed by atoms with Crippen LogP contribution in [0.5, 0.6) is 0 Å². The Kier molecular flexibility index (Phi) is 4.37. The Balaban J connectivity index is 2.64. The minimum atomic E-state index is -2.34. The van der Waals surface area contributed by atoms with Gasteiger partial charge in [0.25, 0.3) is 0 Å². The second-order valence-electron chi connectivity index (χ2n) is 3.41. The van der Waals surface area contributed by atoms with Crippen LogP contribution in [0.1, 0.15) is 23.7 Å². The van der Waals surface area contributed by atoms with Gasteiger partial charge in [0.15, 0.2) is 6.10 Å². The smallest absolute Gasteiger partial charge is 0.337 e. The van der Waals surface area contributed by atoms with Crippen LogP contribution in [0.15, 0.2) is 24.3 Å². The first-order chi connectivity index (χ1) is 7.50. The first-order valence-corrected chi connectivity index (χ1v) is 4.78. The second-order valence-corrected chi connectivity index (χ2v) is 3.41. The van der Waals surface area contributed by atoms with E-state index in [1.165, 1.54) is 12.1 Å². The molecular weight excluding hydrogens is 218 g/mol. The molecular formula is C11H12F2O3. The van der Waals surface area contributed by atoms with Gasteiger partial charge in [-0.15, -0.1) is 0 Å². The Labute approximate surface area is 91.3 Å². The lowest BCUT2D eigenvalue weighted by atomic mass is 10.0. The summed E-state index contributed by atoms with van der Waals surface area (Å²) in [5.41, 5.74) is 0.940. The molecule has 1 unspecified atom stereocenters. The summed E-state index contributed by atoms with van der Waals surface area (Å²) >= 11 is 0. The fourth-order valence-electron chi connectivity index (χ4n) is 1.28. The molecule has 1 atom stereocenters. The number of alkyl halides is 2. The molecule has 0 aliphatic rings. The predicted molar refractivity (Wildman–Crippen MR) is 53.4 cm³/mol. The largest absolute Gasteiger partial charge is 0.479 e. The quantitative estimate of drug-likeness (QED) is 0.813. The average Bonchev–Trinajstić information content (AvgIpc) is 2.26. The molecule has 2 N–H and O–H groups in total. The zero-order valence-electron chi connectivity index (χ0n) is 8.44. The first kappa shape index (κ1) is 12.6. The topological polar surface area (TPSA) is 57.5 Å². The van der Waals surface area contributed by atoms with E-state index < -0.39 is 18.5 Å². The molecule has 1 rings (SSSR count). The van der Waals surface area contributed by atoms with Crippen LogP contribution in [0.3, 0.4) is 0 Å². The molecule has 0 bridgehead atoms. The summed E-state index contributed by atoms with van der Waals surface area (Å²) in [5.74, 6) is -1.33. The number of carboxylic acids is 1. The summed E-state index contributed by atoms with van der Waals surface area (Å²) in [7, 11) is 0. The van der Waals surface area contributed by atoms with Gasteiger partial charge in [0.2, 0.25) is 6.43 Å². The zero-order chi connectivity index (χ0) is 12.1. The maximum Gasteiger partial charge on any atom is 0.337 e. The maximum atomic E-state index is 11.9. The summed E-state index contributed by atoms with van der Waals surface area (Å²) in [6.45, 7) is 0. The van der Waals surface area contributed by atoms with Crippen molar-refractivity contribution in [3.63, 3.8) is 0 Å². The number of carboxylic acid groups (broad SMARTS) is 1. The van der Waals surface area contributed by atoms with Gasteiger partial charge in [-0.25, -0.2) is 13.6 Å². The van der Waals surface area contributed by atoms with Crippen LogP contribution in [-0.2, 0) is 11.2 Å². The van der Waals surface area contributed by atoms with Gasteiger partial charge in [-0.2, -0.15) is 0 Å². The molecule has 1 aromatic carbocycles. The molecule has 3 nitrogen and oxygen atoms in total. The van der Waals surface area contributed by atoms with Gasteiger partial charge in [0, 0.05) is 6.42 Å². The number of rotatable bonds is 5. The van der Waals surface area contributed by atoms with E-state index in [-0.39, 0.29) is 18.4 Å². The Hall–Kier alpha value is -1.49. The lowest BCUT2D eigenvalue weighted by Gasteiger charge is -2.06. The minimum Gasteiger partial charge on any atom is -0.479 e. The van der Waals surface area contributed by atoms with Crippen molar-refractivity contribution < 1.29 is 23.8 Å². The van der Waals surface area contributed by atoms with Gasteiger partial charge in [-0.3, -0.25) is 0 Å². The van der Waals surface area contributed by atoms with Gasteiger partial charge in [0.1, 0.15) is 0 Å². The lowest BCUT2D eigenvalue weighted by molar-refractivity contribution is -0.146. The molecule has 16 heavy (non-hydrogen) atoms. The van der Waals surface area contributed by atoms with Crippen molar-refractivity contribution >= 4 is 5.97 Å². The van der Waals surface area contributed by atoms with E-state index in [1.807, 2.05) is 0 Å². The first-order valence-electron chi connectivity index (χ1n) is 4.78. The molecule has 0 aliphatic carbocycles. The SMILES string of the molecule is O=C(O)C(O)c1ccc(CCC(F)F)cc1. The van der Waals surface area contributed by atoms with Crippen LogP contribution < -0.4 is 0 Å². The normalized spacial score (nSPS) is 12.8. The Bertz CT molecular complexity index is 349. The molecule has 0 amide bonds. The number of hydrogen-bond donors (Lipinski definition) is 2. The molecule has 0 fully saturated rings. The highest BCUT2D eigenvalue weighted by atomic mass is 19.3. The van der Waals surface area contributed by atoms with Crippen molar-refractivity contribution in [1.29, 1.82) is 0 Å². The lowest BCUT2D eigenvalue weighted by Crippen LogP contribution is -2.10. The average molecular weight is 230 g/mol. The standard InChI is InChI=1S/C11H12F2O3/c12-9(13)6-3-7-1-4-8(5-2-7)10(14)11(15)16/h1-2,4-5,9-10,14H,3,6H2,(H,15,16). The van der Waals surface area contributed by atoms with Crippen molar-refractivity contribution in [3.8, 4) is 0 Å². The van der Waals surface area contributed by atoms with E-state index in [0.29, 0.717) is 5.56 Å². The van der Waals surface area contributed by atoms with Gasteiger partial charge in [0.05, 0.1) is 0 Å². The Morgan fingerprint density at radius 3 is 2.25 bits per heavy atom. The van der Waals surface area contributed by atoms with E-state index in [2.05, 4.69) is 0 Å². The number of carbonyl (C=O) groups is 1. The number of aliphatic hydroxyl groups excluding tert-OH is 1. The van der Waals surface area contributed by atoms with Crippen molar-refractivity contribution in [2.24, 2.45) is 0 Å².